The summed E-state index contributed by atoms with van der Waals surface area (Å²) in [7, 11) is 1.44. The van der Waals surface area contributed by atoms with Crippen molar-refractivity contribution in [3.05, 3.63) is 0 Å². The molecule has 5 nitrogen and oxygen atoms in total. The Balaban J connectivity index is 3.40. The van der Waals surface area contributed by atoms with Crippen LogP contribution in [-0.4, -0.2) is 41.0 Å². The predicted molar refractivity (Wildman–Crippen MR) is 34.6 cm³/mol. The molecule has 10 heavy (non-hydrogen) atoms. The summed E-state index contributed by atoms with van der Waals surface area (Å²) in [4.78, 5) is 10.1. The molecule has 0 heterocycles. The number of hydrogen-bond donors (Lipinski definition) is 3. The predicted octanol–water partition coefficient (Wildman–Crippen LogP) is -0.891. The van der Waals surface area contributed by atoms with E-state index in [1.54, 1.807) is 0 Å². The molecule has 0 aromatic rings. The number of nitrogens with zero attached hydrogens (tertiary/aromatic N) is 1. The summed E-state index contributed by atoms with van der Waals surface area (Å²) in [5, 5.41) is 17.7. The maximum Gasteiger partial charge on any atom is 0.320 e. The van der Waals surface area contributed by atoms with E-state index in [4.69, 9.17) is 16.0 Å². The molecule has 0 aliphatic heterocycles. The topological polar surface area (TPSA) is 86.8 Å². The van der Waals surface area contributed by atoms with Crippen LogP contribution in [0.2, 0.25) is 0 Å². The third kappa shape index (κ3) is 4.25. The molecule has 0 saturated carbocycles. The standard InChI is InChI=1S/C5H12N2O3/c1-7(10)3-2-4(6)5(8)9/h4,10H,2-3,6H2,1H3,(H,8,9)/t4-/m0/s1. The third-order valence-electron chi connectivity index (χ3n) is 1.08. The summed E-state index contributed by atoms with van der Waals surface area (Å²) in [6, 6.07) is -0.880. The van der Waals surface area contributed by atoms with Crippen LogP contribution in [0.5, 0.6) is 0 Å². The van der Waals surface area contributed by atoms with E-state index in [0.717, 1.165) is 5.06 Å². The summed E-state index contributed by atoms with van der Waals surface area (Å²) in [6.07, 6.45) is 0.252. The smallest absolute Gasteiger partial charge is 0.320 e. The molecule has 60 valence electrons. The number of carbonyl (C=O) groups is 1. The maximum absolute atomic E-state index is 10.1. The van der Waals surface area contributed by atoms with Crippen LogP contribution >= 0.6 is 0 Å². The number of rotatable bonds is 4. The third-order valence-corrected chi connectivity index (χ3v) is 1.08. The van der Waals surface area contributed by atoms with Gasteiger partial charge in [-0.05, 0) is 6.42 Å². The quantitative estimate of drug-likeness (QED) is 0.450. The lowest BCUT2D eigenvalue weighted by molar-refractivity contribution is -0.139. The van der Waals surface area contributed by atoms with E-state index in [1.807, 2.05) is 0 Å². The summed E-state index contributed by atoms with van der Waals surface area (Å²) in [5.41, 5.74) is 5.13. The van der Waals surface area contributed by atoms with Crippen molar-refractivity contribution in [2.45, 2.75) is 12.5 Å². The minimum Gasteiger partial charge on any atom is -0.480 e. The second-order valence-electron chi connectivity index (χ2n) is 2.11. The summed E-state index contributed by atoms with van der Waals surface area (Å²) >= 11 is 0. The van der Waals surface area contributed by atoms with E-state index in [1.165, 1.54) is 7.05 Å². The molecule has 0 rings (SSSR count). The highest BCUT2D eigenvalue weighted by molar-refractivity contribution is 5.72. The minimum absolute atomic E-state index is 0.252. The van der Waals surface area contributed by atoms with Crippen LogP contribution in [0.15, 0.2) is 0 Å². The van der Waals surface area contributed by atoms with Gasteiger partial charge in [0.05, 0.1) is 0 Å². The minimum atomic E-state index is -1.04. The van der Waals surface area contributed by atoms with Crippen molar-refractivity contribution in [1.29, 1.82) is 0 Å². The highest BCUT2D eigenvalue weighted by Gasteiger charge is 2.10. The number of aliphatic carboxylic acids is 1. The van der Waals surface area contributed by atoms with Gasteiger partial charge in [-0.25, -0.2) is 0 Å². The average molecular weight is 148 g/mol. The first-order valence-corrected chi connectivity index (χ1v) is 2.92. The van der Waals surface area contributed by atoms with Crippen LogP contribution < -0.4 is 5.73 Å². The molecule has 0 aliphatic rings. The Hall–Kier alpha value is -0.650. The number of hydroxylamine groups is 2. The van der Waals surface area contributed by atoms with Crippen molar-refractivity contribution in [3.63, 3.8) is 0 Å². The Labute approximate surface area is 59.0 Å². The highest BCUT2D eigenvalue weighted by atomic mass is 16.5. The molecular formula is C5H12N2O3. The average Bonchev–Trinajstić information content (AvgIpc) is 1.82. The van der Waals surface area contributed by atoms with E-state index in [9.17, 15) is 4.79 Å². The van der Waals surface area contributed by atoms with Gasteiger partial charge in [-0.2, -0.15) is 5.06 Å². The first kappa shape index (κ1) is 9.35. The molecule has 4 N–H and O–H groups in total. The van der Waals surface area contributed by atoms with Crippen LogP contribution in [-0.2, 0) is 4.79 Å². The van der Waals surface area contributed by atoms with Crippen LogP contribution in [0.1, 0.15) is 6.42 Å². The molecule has 0 aliphatic carbocycles. The lowest BCUT2D eigenvalue weighted by Crippen LogP contribution is -2.33. The van der Waals surface area contributed by atoms with Gasteiger partial charge in [-0.15, -0.1) is 0 Å². The van der Waals surface area contributed by atoms with Crippen molar-refractivity contribution < 1.29 is 15.1 Å². The van der Waals surface area contributed by atoms with E-state index in [2.05, 4.69) is 0 Å². The zero-order chi connectivity index (χ0) is 8.15. The van der Waals surface area contributed by atoms with Crippen molar-refractivity contribution in [2.24, 2.45) is 5.73 Å². The van der Waals surface area contributed by atoms with Crippen molar-refractivity contribution in [2.75, 3.05) is 13.6 Å². The lowest BCUT2D eigenvalue weighted by atomic mass is 10.2. The van der Waals surface area contributed by atoms with E-state index >= 15 is 0 Å². The first-order valence-electron chi connectivity index (χ1n) is 2.92. The van der Waals surface area contributed by atoms with Crippen molar-refractivity contribution in [1.82, 2.24) is 5.06 Å². The zero-order valence-electron chi connectivity index (χ0n) is 5.82. The fraction of sp³-hybridized carbons (Fsp3) is 0.800. The second-order valence-corrected chi connectivity index (χ2v) is 2.11. The molecule has 0 spiro atoms. The second kappa shape index (κ2) is 4.21. The van der Waals surface area contributed by atoms with Crippen molar-refractivity contribution >= 4 is 5.97 Å². The normalized spacial score (nSPS) is 13.6. The number of hydrogen-bond acceptors (Lipinski definition) is 4. The van der Waals surface area contributed by atoms with Gasteiger partial charge in [0.2, 0.25) is 0 Å². The van der Waals surface area contributed by atoms with Gasteiger partial charge in [-0.1, -0.05) is 0 Å². The largest absolute Gasteiger partial charge is 0.480 e. The highest BCUT2D eigenvalue weighted by Crippen LogP contribution is 1.88. The molecule has 0 saturated heterocycles. The number of carboxylic acids is 1. The summed E-state index contributed by atoms with van der Waals surface area (Å²) < 4.78 is 0. The van der Waals surface area contributed by atoms with Crippen LogP contribution in [0, 0.1) is 0 Å². The van der Waals surface area contributed by atoms with Gasteiger partial charge in [-0.3, -0.25) is 4.79 Å². The molecule has 0 bridgehead atoms. The summed E-state index contributed by atoms with van der Waals surface area (Å²) in [6.45, 7) is 0.271. The Morgan fingerprint density at radius 2 is 2.30 bits per heavy atom. The van der Waals surface area contributed by atoms with Crippen LogP contribution in [0.3, 0.4) is 0 Å². The maximum atomic E-state index is 10.1. The van der Waals surface area contributed by atoms with E-state index < -0.39 is 12.0 Å². The monoisotopic (exact) mass is 148 g/mol. The Morgan fingerprint density at radius 1 is 1.80 bits per heavy atom. The fourth-order valence-electron chi connectivity index (χ4n) is 0.449. The lowest BCUT2D eigenvalue weighted by Gasteiger charge is -2.09. The van der Waals surface area contributed by atoms with Crippen molar-refractivity contribution in [3.8, 4) is 0 Å². The molecule has 0 radical (unpaired) electrons. The van der Waals surface area contributed by atoms with Gasteiger partial charge < -0.3 is 16.0 Å². The molecule has 0 fully saturated rings. The van der Waals surface area contributed by atoms with Gasteiger partial charge in [0.15, 0.2) is 0 Å². The zero-order valence-corrected chi connectivity index (χ0v) is 5.82. The molecule has 0 aromatic carbocycles. The first-order chi connectivity index (χ1) is 4.54. The number of nitrogens with two attached hydrogens (primary N) is 1. The Morgan fingerprint density at radius 3 is 2.60 bits per heavy atom. The Bertz CT molecular complexity index is 115. The number of carboxylic acid groups (broad SMARTS) is 1. The van der Waals surface area contributed by atoms with Gasteiger partial charge in [0.1, 0.15) is 6.04 Å². The summed E-state index contributed by atoms with van der Waals surface area (Å²) in [5.74, 6) is -1.04. The fourth-order valence-corrected chi connectivity index (χ4v) is 0.449. The molecule has 1 atom stereocenters. The molecule has 5 heteroatoms. The Kier molecular flexibility index (Phi) is 3.94. The van der Waals surface area contributed by atoms with Crippen LogP contribution in [0.4, 0.5) is 0 Å². The van der Waals surface area contributed by atoms with Crippen LogP contribution in [0.25, 0.3) is 0 Å². The van der Waals surface area contributed by atoms with E-state index in [0.29, 0.717) is 0 Å². The van der Waals surface area contributed by atoms with E-state index in [-0.39, 0.29) is 13.0 Å². The molecule has 0 amide bonds. The molecule has 0 aromatic heterocycles. The van der Waals surface area contributed by atoms with Gasteiger partial charge >= 0.3 is 5.97 Å². The van der Waals surface area contributed by atoms with Gasteiger partial charge in [0.25, 0.3) is 0 Å². The van der Waals surface area contributed by atoms with Gasteiger partial charge in [0, 0.05) is 13.6 Å². The SMILES string of the molecule is CN(O)CC[C@H](N)C(=O)O. The molecular weight excluding hydrogens is 136 g/mol. The molecule has 0 unspecified atom stereocenters.